The fourth-order valence-electron chi connectivity index (χ4n) is 2.86. The molecule has 3 N–H and O–H groups in total. The highest BCUT2D eigenvalue weighted by Crippen LogP contribution is 2.32. The van der Waals surface area contributed by atoms with E-state index in [0.717, 1.165) is 38.8 Å². The minimum Gasteiger partial charge on any atom is -0.396 e. The first-order valence-corrected chi connectivity index (χ1v) is 7.30. The van der Waals surface area contributed by atoms with Gasteiger partial charge in [0.1, 0.15) is 0 Å². The van der Waals surface area contributed by atoms with E-state index in [-0.39, 0.29) is 24.0 Å². The molecule has 1 rings (SSSR count). The highest BCUT2D eigenvalue weighted by molar-refractivity contribution is 5.83. The highest BCUT2D eigenvalue weighted by Gasteiger charge is 2.39. The fourth-order valence-corrected chi connectivity index (χ4v) is 2.86. The van der Waals surface area contributed by atoms with Crippen LogP contribution in [-0.4, -0.2) is 50.5 Å². The van der Waals surface area contributed by atoms with Crippen LogP contribution in [0.4, 0.5) is 0 Å². The Hall–Kier alpha value is -0.650. The molecular weight excluding hydrogens is 244 g/mol. The van der Waals surface area contributed by atoms with Gasteiger partial charge in [-0.05, 0) is 32.2 Å². The maximum atomic E-state index is 12.6. The average Bonchev–Trinajstić information content (AvgIpc) is 2.40. The smallest absolute Gasteiger partial charge is 0.227 e. The molecular formula is C14H28N2O3. The monoisotopic (exact) mass is 272 g/mol. The average molecular weight is 272 g/mol. The van der Waals surface area contributed by atoms with Crippen molar-refractivity contribution in [3.05, 3.63) is 0 Å². The maximum absolute atomic E-state index is 12.6. The highest BCUT2D eigenvalue weighted by atomic mass is 16.5. The Morgan fingerprint density at radius 1 is 1.58 bits per heavy atom. The van der Waals surface area contributed by atoms with Crippen LogP contribution in [0.25, 0.3) is 0 Å². The number of carbonyl (C=O) groups is 1. The Kier molecular flexibility index (Phi) is 7.34. The molecule has 1 heterocycles. The molecule has 0 aromatic carbocycles. The second-order valence-electron chi connectivity index (χ2n) is 5.45. The van der Waals surface area contributed by atoms with Gasteiger partial charge in [0.05, 0.1) is 18.1 Å². The summed E-state index contributed by atoms with van der Waals surface area (Å²) in [5.41, 5.74) is -0.283. The lowest BCUT2D eigenvalue weighted by molar-refractivity contribution is -0.134. The Morgan fingerprint density at radius 3 is 2.89 bits per heavy atom. The zero-order chi connectivity index (χ0) is 14.1. The van der Waals surface area contributed by atoms with Crippen LogP contribution in [0, 0.1) is 5.41 Å². The van der Waals surface area contributed by atoms with Gasteiger partial charge in [-0.1, -0.05) is 13.3 Å². The summed E-state index contributed by atoms with van der Waals surface area (Å²) in [7, 11) is 1.61. The molecule has 1 aliphatic heterocycles. The van der Waals surface area contributed by atoms with Gasteiger partial charge in [-0.2, -0.15) is 0 Å². The quantitative estimate of drug-likeness (QED) is 0.607. The van der Waals surface area contributed by atoms with E-state index in [1.165, 1.54) is 0 Å². The number of methoxy groups -OCH3 is 1. The van der Waals surface area contributed by atoms with Gasteiger partial charge in [0, 0.05) is 20.3 Å². The Balaban J connectivity index is 2.64. The summed E-state index contributed by atoms with van der Waals surface area (Å²) in [5, 5.41) is 15.4. The standard InChI is InChI=1S/C14H28N2O3/c1-3-6-14(7-4-8-15-11-14)13(18)16-12(5-9-17)10-19-2/h12,15,17H,3-11H2,1-2H3,(H,16,18). The zero-order valence-electron chi connectivity index (χ0n) is 12.2. The number of ether oxygens (including phenoxy) is 1. The summed E-state index contributed by atoms with van der Waals surface area (Å²) in [6.07, 6.45) is 4.44. The van der Waals surface area contributed by atoms with Crippen LogP contribution in [0.1, 0.15) is 39.0 Å². The summed E-state index contributed by atoms with van der Waals surface area (Å²) in [5.74, 6) is 0.108. The SMILES string of the molecule is CCCC1(C(=O)NC(CCO)COC)CCCNC1. The van der Waals surface area contributed by atoms with Crippen LogP contribution >= 0.6 is 0 Å². The molecule has 0 radical (unpaired) electrons. The zero-order valence-corrected chi connectivity index (χ0v) is 12.2. The van der Waals surface area contributed by atoms with E-state index in [1.807, 2.05) is 0 Å². The number of aliphatic hydroxyl groups excluding tert-OH is 1. The number of nitrogens with one attached hydrogen (secondary N) is 2. The topological polar surface area (TPSA) is 70.6 Å². The third kappa shape index (κ3) is 4.75. The van der Waals surface area contributed by atoms with Crippen LogP contribution in [0.2, 0.25) is 0 Å². The van der Waals surface area contributed by atoms with Gasteiger partial charge in [0.2, 0.25) is 5.91 Å². The van der Waals surface area contributed by atoms with Crippen molar-refractivity contribution in [2.75, 3.05) is 33.4 Å². The van der Waals surface area contributed by atoms with Crippen LogP contribution in [-0.2, 0) is 9.53 Å². The predicted molar refractivity (Wildman–Crippen MR) is 75.0 cm³/mol. The predicted octanol–water partition coefficient (Wildman–Crippen LogP) is 0.670. The van der Waals surface area contributed by atoms with Gasteiger partial charge in [0.25, 0.3) is 0 Å². The van der Waals surface area contributed by atoms with Crippen molar-refractivity contribution in [3.8, 4) is 0 Å². The van der Waals surface area contributed by atoms with E-state index in [2.05, 4.69) is 17.6 Å². The number of aliphatic hydroxyl groups is 1. The first-order chi connectivity index (χ1) is 9.18. The minimum absolute atomic E-state index is 0.0628. The molecule has 2 atom stereocenters. The number of carbonyl (C=O) groups excluding carboxylic acids is 1. The lowest BCUT2D eigenvalue weighted by atomic mass is 9.76. The molecule has 0 aliphatic carbocycles. The van der Waals surface area contributed by atoms with Gasteiger partial charge >= 0.3 is 0 Å². The molecule has 2 unspecified atom stereocenters. The molecule has 112 valence electrons. The third-order valence-electron chi connectivity index (χ3n) is 3.86. The number of hydrogen-bond acceptors (Lipinski definition) is 4. The van der Waals surface area contributed by atoms with Gasteiger partial charge in [-0.15, -0.1) is 0 Å². The summed E-state index contributed by atoms with van der Waals surface area (Å²) in [6.45, 7) is 4.38. The van der Waals surface area contributed by atoms with Crippen molar-refractivity contribution in [2.45, 2.75) is 45.1 Å². The van der Waals surface area contributed by atoms with Gasteiger partial charge in [-0.25, -0.2) is 0 Å². The molecule has 0 aromatic heterocycles. The molecule has 5 nitrogen and oxygen atoms in total. The molecule has 0 aromatic rings. The molecule has 1 amide bonds. The van der Waals surface area contributed by atoms with Gasteiger partial charge in [0.15, 0.2) is 0 Å². The lowest BCUT2D eigenvalue weighted by Gasteiger charge is -2.37. The second-order valence-corrected chi connectivity index (χ2v) is 5.45. The van der Waals surface area contributed by atoms with Crippen molar-refractivity contribution in [1.82, 2.24) is 10.6 Å². The Bertz CT molecular complexity index is 254. The number of piperidine rings is 1. The second kappa shape index (κ2) is 8.51. The lowest BCUT2D eigenvalue weighted by Crippen LogP contribution is -2.53. The van der Waals surface area contributed by atoms with E-state index in [9.17, 15) is 4.79 Å². The van der Waals surface area contributed by atoms with Crippen molar-refractivity contribution in [1.29, 1.82) is 0 Å². The molecule has 0 saturated carbocycles. The molecule has 1 fully saturated rings. The number of amides is 1. The van der Waals surface area contributed by atoms with E-state index in [4.69, 9.17) is 9.84 Å². The fraction of sp³-hybridized carbons (Fsp3) is 0.929. The van der Waals surface area contributed by atoms with E-state index in [1.54, 1.807) is 7.11 Å². The van der Waals surface area contributed by atoms with Crippen LogP contribution in [0.5, 0.6) is 0 Å². The summed E-state index contributed by atoms with van der Waals surface area (Å²) < 4.78 is 5.10. The Morgan fingerprint density at radius 2 is 2.37 bits per heavy atom. The van der Waals surface area contributed by atoms with Gasteiger partial charge in [-0.3, -0.25) is 4.79 Å². The summed E-state index contributed by atoms with van der Waals surface area (Å²) in [4.78, 5) is 12.6. The van der Waals surface area contributed by atoms with Crippen molar-refractivity contribution < 1.29 is 14.6 Å². The van der Waals surface area contributed by atoms with Crippen molar-refractivity contribution in [3.63, 3.8) is 0 Å². The van der Waals surface area contributed by atoms with E-state index in [0.29, 0.717) is 13.0 Å². The molecule has 1 saturated heterocycles. The van der Waals surface area contributed by atoms with Crippen LogP contribution < -0.4 is 10.6 Å². The van der Waals surface area contributed by atoms with Gasteiger partial charge < -0.3 is 20.5 Å². The molecule has 1 aliphatic rings. The molecule has 5 heteroatoms. The molecule has 0 spiro atoms. The normalized spacial score (nSPS) is 25.0. The van der Waals surface area contributed by atoms with E-state index >= 15 is 0 Å². The first kappa shape index (κ1) is 16.4. The summed E-state index contributed by atoms with van der Waals surface area (Å²) >= 11 is 0. The molecule has 0 bridgehead atoms. The molecule has 19 heavy (non-hydrogen) atoms. The summed E-state index contributed by atoms with van der Waals surface area (Å²) in [6, 6.07) is -0.0989. The largest absolute Gasteiger partial charge is 0.396 e. The van der Waals surface area contributed by atoms with Crippen molar-refractivity contribution >= 4 is 5.91 Å². The number of hydrogen-bond donors (Lipinski definition) is 3. The number of rotatable bonds is 8. The maximum Gasteiger partial charge on any atom is 0.227 e. The van der Waals surface area contributed by atoms with Crippen molar-refractivity contribution in [2.24, 2.45) is 5.41 Å². The third-order valence-corrected chi connectivity index (χ3v) is 3.86. The Labute approximate surface area is 116 Å². The minimum atomic E-state index is -0.283. The first-order valence-electron chi connectivity index (χ1n) is 7.30. The van der Waals surface area contributed by atoms with Crippen LogP contribution in [0.15, 0.2) is 0 Å². The van der Waals surface area contributed by atoms with E-state index < -0.39 is 0 Å². The van der Waals surface area contributed by atoms with Crippen LogP contribution in [0.3, 0.4) is 0 Å².